The van der Waals surface area contributed by atoms with Gasteiger partial charge in [-0.15, -0.1) is 0 Å². The van der Waals surface area contributed by atoms with Crippen molar-refractivity contribution in [2.75, 3.05) is 33.2 Å². The quantitative estimate of drug-likeness (QED) is 0.787. The molecule has 1 N–H and O–H groups in total. The molecule has 1 aliphatic rings. The highest BCUT2D eigenvalue weighted by atomic mass is 35.5. The number of benzene rings is 1. The average Bonchev–Trinajstić information content (AvgIpc) is 3.00. The van der Waals surface area contributed by atoms with Crippen LogP contribution in [0.15, 0.2) is 29.2 Å². The van der Waals surface area contributed by atoms with Crippen LogP contribution in [-0.2, 0) is 14.8 Å². The third-order valence-electron chi connectivity index (χ3n) is 4.33. The molecule has 2 rings (SSSR count). The van der Waals surface area contributed by atoms with Crippen LogP contribution >= 0.6 is 11.6 Å². The first-order chi connectivity index (χ1) is 11.3. The van der Waals surface area contributed by atoms with E-state index in [9.17, 15) is 13.2 Å². The molecule has 0 radical (unpaired) electrons. The minimum absolute atomic E-state index is 0.121. The van der Waals surface area contributed by atoms with Crippen molar-refractivity contribution < 1.29 is 13.2 Å². The van der Waals surface area contributed by atoms with Crippen molar-refractivity contribution >= 4 is 27.5 Å². The number of nitrogens with zero attached hydrogens (tertiary/aromatic N) is 2. The van der Waals surface area contributed by atoms with Gasteiger partial charge in [0, 0.05) is 24.7 Å². The Hall–Kier alpha value is -1.15. The largest absolute Gasteiger partial charge is 0.353 e. The molecule has 1 amide bonds. The summed E-state index contributed by atoms with van der Waals surface area (Å²) in [5, 5.41) is 3.31. The van der Waals surface area contributed by atoms with Gasteiger partial charge in [-0.2, -0.15) is 4.31 Å². The van der Waals surface area contributed by atoms with Crippen LogP contribution in [-0.4, -0.2) is 62.8 Å². The van der Waals surface area contributed by atoms with Gasteiger partial charge < -0.3 is 5.32 Å². The van der Waals surface area contributed by atoms with Gasteiger partial charge in [-0.25, -0.2) is 8.42 Å². The van der Waals surface area contributed by atoms with Crippen molar-refractivity contribution in [2.45, 2.75) is 30.7 Å². The SMILES string of the molecule is CCN1CCC[C@H]1CNC(=O)CN(C)S(=O)(=O)c1ccc(Cl)cc1. The van der Waals surface area contributed by atoms with E-state index in [0.29, 0.717) is 17.6 Å². The van der Waals surface area contributed by atoms with Crippen LogP contribution < -0.4 is 5.32 Å². The maximum atomic E-state index is 12.4. The molecular formula is C16H24ClN3O3S. The van der Waals surface area contributed by atoms with Crippen molar-refractivity contribution in [3.8, 4) is 0 Å². The molecule has 1 saturated heterocycles. The second-order valence-electron chi connectivity index (χ2n) is 5.94. The lowest BCUT2D eigenvalue weighted by Crippen LogP contribution is -2.44. The smallest absolute Gasteiger partial charge is 0.243 e. The van der Waals surface area contributed by atoms with Gasteiger partial charge in [0.1, 0.15) is 0 Å². The summed E-state index contributed by atoms with van der Waals surface area (Å²) < 4.78 is 25.9. The first-order valence-electron chi connectivity index (χ1n) is 8.07. The van der Waals surface area contributed by atoms with Crippen LogP contribution in [0.4, 0.5) is 0 Å². The summed E-state index contributed by atoms with van der Waals surface area (Å²) in [6.07, 6.45) is 2.20. The zero-order valence-corrected chi connectivity index (χ0v) is 15.6. The van der Waals surface area contributed by atoms with E-state index in [2.05, 4.69) is 17.1 Å². The molecule has 24 heavy (non-hydrogen) atoms. The molecule has 0 saturated carbocycles. The van der Waals surface area contributed by atoms with Gasteiger partial charge in [0.25, 0.3) is 0 Å². The maximum absolute atomic E-state index is 12.4. The second-order valence-corrected chi connectivity index (χ2v) is 8.43. The van der Waals surface area contributed by atoms with Crippen molar-refractivity contribution in [2.24, 2.45) is 0 Å². The number of amides is 1. The first-order valence-corrected chi connectivity index (χ1v) is 9.89. The van der Waals surface area contributed by atoms with Crippen LogP contribution in [0.25, 0.3) is 0 Å². The van der Waals surface area contributed by atoms with E-state index in [4.69, 9.17) is 11.6 Å². The van der Waals surface area contributed by atoms with Gasteiger partial charge in [0.05, 0.1) is 11.4 Å². The number of likely N-dealkylation sites (tertiary alicyclic amines) is 1. The molecule has 0 aromatic heterocycles. The lowest BCUT2D eigenvalue weighted by atomic mass is 10.2. The predicted octanol–water partition coefficient (Wildman–Crippen LogP) is 1.56. The van der Waals surface area contributed by atoms with E-state index in [1.807, 2.05) is 0 Å². The maximum Gasteiger partial charge on any atom is 0.243 e. The van der Waals surface area contributed by atoms with Gasteiger partial charge in [0.2, 0.25) is 15.9 Å². The Bertz CT molecular complexity index is 664. The van der Waals surface area contributed by atoms with E-state index < -0.39 is 10.0 Å². The number of likely N-dealkylation sites (N-methyl/N-ethyl adjacent to an activating group) is 2. The third kappa shape index (κ3) is 4.69. The number of nitrogens with one attached hydrogen (secondary N) is 1. The monoisotopic (exact) mass is 373 g/mol. The van der Waals surface area contributed by atoms with Gasteiger partial charge in [-0.3, -0.25) is 9.69 Å². The number of sulfonamides is 1. The van der Waals surface area contributed by atoms with E-state index >= 15 is 0 Å². The van der Waals surface area contributed by atoms with Crippen LogP contribution in [0, 0.1) is 0 Å². The van der Waals surface area contributed by atoms with Crippen molar-refractivity contribution in [3.63, 3.8) is 0 Å². The number of halogens is 1. The zero-order chi connectivity index (χ0) is 17.7. The number of rotatable bonds is 7. The normalized spacial score (nSPS) is 18.9. The highest BCUT2D eigenvalue weighted by Gasteiger charge is 2.25. The summed E-state index contributed by atoms with van der Waals surface area (Å²) in [5.41, 5.74) is 0. The Kier molecular flexibility index (Phi) is 6.62. The Morgan fingerprint density at radius 3 is 2.67 bits per heavy atom. The van der Waals surface area contributed by atoms with Crippen LogP contribution in [0.2, 0.25) is 5.02 Å². The Balaban J connectivity index is 1.89. The molecule has 1 aromatic carbocycles. The lowest BCUT2D eigenvalue weighted by molar-refractivity contribution is -0.121. The van der Waals surface area contributed by atoms with Crippen molar-refractivity contribution in [1.29, 1.82) is 0 Å². The number of carbonyl (C=O) groups is 1. The van der Waals surface area contributed by atoms with Crippen LogP contribution in [0.5, 0.6) is 0 Å². The summed E-state index contributed by atoms with van der Waals surface area (Å²) in [6.45, 7) is 4.48. The summed E-state index contributed by atoms with van der Waals surface area (Å²) in [7, 11) is -2.30. The van der Waals surface area contributed by atoms with E-state index in [-0.39, 0.29) is 17.3 Å². The molecule has 1 heterocycles. The van der Waals surface area contributed by atoms with Gasteiger partial charge in [0.15, 0.2) is 0 Å². The molecule has 1 atom stereocenters. The average molecular weight is 374 g/mol. The van der Waals surface area contributed by atoms with Crippen molar-refractivity contribution in [1.82, 2.24) is 14.5 Å². The van der Waals surface area contributed by atoms with E-state index in [1.165, 1.54) is 31.3 Å². The highest BCUT2D eigenvalue weighted by Crippen LogP contribution is 2.18. The van der Waals surface area contributed by atoms with Crippen molar-refractivity contribution in [3.05, 3.63) is 29.3 Å². The lowest BCUT2D eigenvalue weighted by Gasteiger charge is -2.23. The van der Waals surface area contributed by atoms with Gasteiger partial charge in [-0.1, -0.05) is 18.5 Å². The summed E-state index contributed by atoms with van der Waals surface area (Å²) in [6, 6.07) is 6.24. The molecule has 1 aliphatic heterocycles. The fraction of sp³-hybridized carbons (Fsp3) is 0.562. The standard InChI is InChI=1S/C16H24ClN3O3S/c1-3-20-10-4-5-14(20)11-18-16(21)12-19(2)24(22,23)15-8-6-13(17)7-9-15/h6-9,14H,3-5,10-12H2,1-2H3,(H,18,21)/t14-/m0/s1. The molecule has 8 heteroatoms. The third-order valence-corrected chi connectivity index (χ3v) is 6.40. The summed E-state index contributed by atoms with van der Waals surface area (Å²) in [5.74, 6) is -0.294. The first kappa shape index (κ1) is 19.2. The Labute approximate surface area is 148 Å². The highest BCUT2D eigenvalue weighted by molar-refractivity contribution is 7.89. The predicted molar refractivity (Wildman–Crippen MR) is 94.5 cm³/mol. The molecule has 6 nitrogen and oxygen atoms in total. The molecule has 0 unspecified atom stereocenters. The molecular weight excluding hydrogens is 350 g/mol. The Morgan fingerprint density at radius 2 is 2.04 bits per heavy atom. The second kappa shape index (κ2) is 8.29. The molecule has 0 aliphatic carbocycles. The van der Waals surface area contributed by atoms with E-state index in [0.717, 1.165) is 30.2 Å². The topological polar surface area (TPSA) is 69.7 Å². The summed E-state index contributed by atoms with van der Waals surface area (Å²) >= 11 is 5.78. The number of carbonyl (C=O) groups excluding carboxylic acids is 1. The Morgan fingerprint density at radius 1 is 1.38 bits per heavy atom. The molecule has 1 aromatic rings. The van der Waals surface area contributed by atoms with Crippen LogP contribution in [0.1, 0.15) is 19.8 Å². The molecule has 134 valence electrons. The minimum atomic E-state index is -3.70. The zero-order valence-electron chi connectivity index (χ0n) is 14.0. The van der Waals surface area contributed by atoms with Gasteiger partial charge >= 0.3 is 0 Å². The van der Waals surface area contributed by atoms with E-state index in [1.54, 1.807) is 0 Å². The van der Waals surface area contributed by atoms with Crippen LogP contribution in [0.3, 0.4) is 0 Å². The summed E-state index contributed by atoms with van der Waals surface area (Å²) in [4.78, 5) is 14.5. The fourth-order valence-electron chi connectivity index (χ4n) is 2.90. The number of hydrogen-bond acceptors (Lipinski definition) is 4. The molecule has 1 fully saturated rings. The van der Waals surface area contributed by atoms with Gasteiger partial charge in [-0.05, 0) is 50.2 Å². The fourth-order valence-corrected chi connectivity index (χ4v) is 4.16. The molecule has 0 bridgehead atoms. The minimum Gasteiger partial charge on any atom is -0.353 e. The number of hydrogen-bond donors (Lipinski definition) is 1. The molecule has 0 spiro atoms.